The maximum Gasteiger partial charge on any atom is 0.230 e. The number of thioether (sulfide) groups is 1. The van der Waals surface area contributed by atoms with E-state index in [1.54, 1.807) is 18.7 Å². The molecule has 1 aliphatic heterocycles. The van der Waals surface area contributed by atoms with Gasteiger partial charge in [0.1, 0.15) is 11.3 Å². The molecule has 2 saturated carbocycles. The minimum Gasteiger partial charge on any atom is -0.381 e. The quantitative estimate of drug-likeness (QED) is 0.639. The molecule has 1 saturated heterocycles. The van der Waals surface area contributed by atoms with Gasteiger partial charge in [0.15, 0.2) is 0 Å². The number of nitrogens with zero attached hydrogens (tertiary/aromatic N) is 1. The standard InChI is InChI=1S/C21H37N3O3S/c1-15(25)16-7-9-18(10-8-16)23-20(26)14-28-21-22-11-12-24(21)13-17-5-3-4-6-19(17)27-2/h16-19,21-22H,3-14H2,1-2H3,(H,23,26). The van der Waals surface area contributed by atoms with Crippen LogP contribution in [0.4, 0.5) is 0 Å². The van der Waals surface area contributed by atoms with Crippen LogP contribution in [0.2, 0.25) is 0 Å². The highest BCUT2D eigenvalue weighted by Crippen LogP contribution is 2.29. The van der Waals surface area contributed by atoms with Gasteiger partial charge in [0.25, 0.3) is 0 Å². The molecule has 0 aromatic carbocycles. The Morgan fingerprint density at radius 1 is 1.14 bits per heavy atom. The van der Waals surface area contributed by atoms with Crippen molar-refractivity contribution in [3.05, 3.63) is 0 Å². The number of ketones is 1. The summed E-state index contributed by atoms with van der Waals surface area (Å²) < 4.78 is 5.72. The molecule has 1 amide bonds. The molecule has 3 unspecified atom stereocenters. The van der Waals surface area contributed by atoms with Crippen molar-refractivity contribution in [2.45, 2.75) is 75.9 Å². The molecule has 1 heterocycles. The number of carbonyl (C=O) groups is 2. The molecule has 0 aromatic heterocycles. The monoisotopic (exact) mass is 411 g/mol. The second kappa shape index (κ2) is 11.0. The van der Waals surface area contributed by atoms with E-state index < -0.39 is 0 Å². The zero-order chi connectivity index (χ0) is 19.9. The molecule has 0 radical (unpaired) electrons. The summed E-state index contributed by atoms with van der Waals surface area (Å²) in [6.45, 7) is 4.77. The Balaban J connectivity index is 1.38. The van der Waals surface area contributed by atoms with Crippen molar-refractivity contribution in [3.63, 3.8) is 0 Å². The smallest absolute Gasteiger partial charge is 0.230 e. The van der Waals surface area contributed by atoms with Crippen LogP contribution in [-0.2, 0) is 14.3 Å². The summed E-state index contributed by atoms with van der Waals surface area (Å²) in [7, 11) is 1.84. The summed E-state index contributed by atoms with van der Waals surface area (Å²) >= 11 is 1.70. The zero-order valence-electron chi connectivity index (χ0n) is 17.5. The van der Waals surface area contributed by atoms with Crippen LogP contribution in [0.3, 0.4) is 0 Å². The summed E-state index contributed by atoms with van der Waals surface area (Å²) in [4.78, 5) is 26.4. The summed E-state index contributed by atoms with van der Waals surface area (Å²) in [6, 6.07) is 0.237. The lowest BCUT2D eigenvalue weighted by molar-refractivity contribution is -0.121. The number of carbonyl (C=O) groups excluding carboxylic acids is 2. The van der Waals surface area contributed by atoms with Gasteiger partial charge in [-0.25, -0.2) is 0 Å². The van der Waals surface area contributed by atoms with Gasteiger partial charge in [-0.05, 0) is 51.4 Å². The highest BCUT2D eigenvalue weighted by atomic mass is 32.2. The first-order valence-electron chi connectivity index (χ1n) is 11.0. The van der Waals surface area contributed by atoms with E-state index in [2.05, 4.69) is 15.5 Å². The highest BCUT2D eigenvalue weighted by Gasteiger charge is 2.32. The molecule has 0 aromatic rings. The average molecular weight is 412 g/mol. The van der Waals surface area contributed by atoms with Gasteiger partial charge in [-0.1, -0.05) is 12.8 Å². The summed E-state index contributed by atoms with van der Waals surface area (Å²) in [5, 5.41) is 6.71. The summed E-state index contributed by atoms with van der Waals surface area (Å²) in [6.07, 6.45) is 9.06. The van der Waals surface area contributed by atoms with Crippen molar-refractivity contribution in [1.29, 1.82) is 0 Å². The molecule has 7 heteroatoms. The van der Waals surface area contributed by atoms with Crippen molar-refractivity contribution >= 4 is 23.5 Å². The molecule has 3 aliphatic rings. The number of ether oxygens (including phenoxy) is 1. The lowest BCUT2D eigenvalue weighted by atomic mass is 9.84. The van der Waals surface area contributed by atoms with Crippen molar-refractivity contribution in [1.82, 2.24) is 15.5 Å². The van der Waals surface area contributed by atoms with Gasteiger partial charge < -0.3 is 10.1 Å². The van der Waals surface area contributed by atoms with Crippen LogP contribution < -0.4 is 10.6 Å². The molecule has 0 spiro atoms. The minimum atomic E-state index is 0.123. The minimum absolute atomic E-state index is 0.123. The van der Waals surface area contributed by atoms with Crippen molar-refractivity contribution in [2.75, 3.05) is 32.5 Å². The van der Waals surface area contributed by atoms with Crippen LogP contribution in [0.5, 0.6) is 0 Å². The van der Waals surface area contributed by atoms with E-state index in [-0.39, 0.29) is 23.4 Å². The molecular formula is C21H37N3O3S. The van der Waals surface area contributed by atoms with Gasteiger partial charge in [-0.2, -0.15) is 0 Å². The first-order valence-corrected chi connectivity index (χ1v) is 12.0. The van der Waals surface area contributed by atoms with Gasteiger partial charge in [0.2, 0.25) is 5.91 Å². The number of methoxy groups -OCH3 is 1. The van der Waals surface area contributed by atoms with Gasteiger partial charge in [0, 0.05) is 38.7 Å². The Hall–Kier alpha value is -0.630. The Kier molecular flexibility index (Phi) is 8.63. The average Bonchev–Trinajstić information content (AvgIpc) is 3.14. The maximum atomic E-state index is 12.4. The van der Waals surface area contributed by atoms with Crippen LogP contribution in [0, 0.1) is 11.8 Å². The number of nitrogens with one attached hydrogen (secondary N) is 2. The van der Waals surface area contributed by atoms with E-state index in [0.717, 1.165) is 45.3 Å². The van der Waals surface area contributed by atoms with Crippen LogP contribution in [0.15, 0.2) is 0 Å². The molecule has 3 atom stereocenters. The van der Waals surface area contributed by atoms with Crippen molar-refractivity contribution in [2.24, 2.45) is 11.8 Å². The zero-order valence-corrected chi connectivity index (χ0v) is 18.3. The number of hydrogen-bond acceptors (Lipinski definition) is 6. The van der Waals surface area contributed by atoms with Crippen LogP contribution >= 0.6 is 11.8 Å². The van der Waals surface area contributed by atoms with Crippen LogP contribution in [0.25, 0.3) is 0 Å². The van der Waals surface area contributed by atoms with E-state index in [0.29, 0.717) is 23.6 Å². The second-order valence-corrected chi connectivity index (χ2v) is 9.73. The van der Waals surface area contributed by atoms with E-state index >= 15 is 0 Å². The first-order chi connectivity index (χ1) is 13.6. The first kappa shape index (κ1) is 22.1. The fourth-order valence-corrected chi connectivity index (χ4v) is 6.02. The van der Waals surface area contributed by atoms with Crippen LogP contribution in [-0.4, -0.2) is 66.7 Å². The topological polar surface area (TPSA) is 70.7 Å². The molecule has 28 heavy (non-hydrogen) atoms. The molecule has 2 aliphatic carbocycles. The number of rotatable bonds is 8. The Morgan fingerprint density at radius 2 is 1.89 bits per heavy atom. The number of amides is 1. The van der Waals surface area contributed by atoms with E-state index in [4.69, 9.17) is 4.74 Å². The van der Waals surface area contributed by atoms with E-state index in [1.807, 2.05) is 7.11 Å². The SMILES string of the molecule is COC1CCCCC1CN1CCNC1SCC(=O)NC1CCC(C(C)=O)CC1. The Labute approximate surface area is 173 Å². The molecule has 6 nitrogen and oxygen atoms in total. The van der Waals surface area contributed by atoms with Gasteiger partial charge in [-0.15, -0.1) is 11.8 Å². The van der Waals surface area contributed by atoms with Crippen molar-refractivity contribution in [3.8, 4) is 0 Å². The molecule has 0 bridgehead atoms. The fraction of sp³-hybridized carbons (Fsp3) is 0.905. The predicted molar refractivity (Wildman–Crippen MR) is 113 cm³/mol. The van der Waals surface area contributed by atoms with Crippen molar-refractivity contribution < 1.29 is 14.3 Å². The Bertz CT molecular complexity index is 525. The third kappa shape index (κ3) is 6.18. The maximum absolute atomic E-state index is 12.4. The number of hydrogen-bond donors (Lipinski definition) is 2. The second-order valence-electron chi connectivity index (χ2n) is 8.66. The molecular weight excluding hydrogens is 374 g/mol. The lowest BCUT2D eigenvalue weighted by Crippen LogP contribution is -2.43. The van der Waals surface area contributed by atoms with Gasteiger partial charge >= 0.3 is 0 Å². The molecule has 160 valence electrons. The summed E-state index contributed by atoms with van der Waals surface area (Å²) in [5.74, 6) is 1.71. The van der Waals surface area contributed by atoms with Gasteiger partial charge in [-0.3, -0.25) is 19.8 Å². The van der Waals surface area contributed by atoms with E-state index in [9.17, 15) is 9.59 Å². The molecule has 2 N–H and O–H groups in total. The Morgan fingerprint density at radius 3 is 2.61 bits per heavy atom. The lowest BCUT2D eigenvalue weighted by Gasteiger charge is -2.35. The normalized spacial score (nSPS) is 34.3. The molecule has 3 rings (SSSR count). The third-order valence-electron chi connectivity index (χ3n) is 6.70. The van der Waals surface area contributed by atoms with Gasteiger partial charge in [0.05, 0.1) is 11.9 Å². The summed E-state index contributed by atoms with van der Waals surface area (Å²) in [5.41, 5.74) is 0.221. The van der Waals surface area contributed by atoms with Crippen LogP contribution in [0.1, 0.15) is 58.3 Å². The predicted octanol–water partition coefficient (Wildman–Crippen LogP) is 2.38. The number of Topliss-reactive ketones (excluding diaryl/α,β-unsaturated/α-hetero) is 1. The van der Waals surface area contributed by atoms with E-state index in [1.165, 1.54) is 25.7 Å². The largest absolute Gasteiger partial charge is 0.381 e. The highest BCUT2D eigenvalue weighted by molar-refractivity contribution is 8.00. The fourth-order valence-electron chi connectivity index (χ4n) is 4.99. The molecule has 3 fully saturated rings. The third-order valence-corrected chi connectivity index (χ3v) is 7.91.